The predicted molar refractivity (Wildman–Crippen MR) is 116 cm³/mol. The Bertz CT molecular complexity index is 1120. The number of benzene rings is 2. The van der Waals surface area contributed by atoms with Crippen molar-refractivity contribution in [3.63, 3.8) is 0 Å². The van der Waals surface area contributed by atoms with Gasteiger partial charge in [-0.1, -0.05) is 6.07 Å². The summed E-state index contributed by atoms with van der Waals surface area (Å²) in [6.45, 7) is 0. The summed E-state index contributed by atoms with van der Waals surface area (Å²) in [6.07, 6.45) is 0. The van der Waals surface area contributed by atoms with Gasteiger partial charge in [0.15, 0.2) is 4.80 Å². The number of sulfonamides is 1. The largest absolute Gasteiger partial charge is 0.497 e. The highest BCUT2D eigenvalue weighted by Crippen LogP contribution is 2.28. The molecule has 2 N–H and O–H groups in total. The second-order valence-corrected chi connectivity index (χ2v) is 8.68. The Hall–Kier alpha value is -1.46. The quantitative estimate of drug-likeness (QED) is 0.549. The Balaban J connectivity index is 0.00000261. The van der Waals surface area contributed by atoms with Crippen molar-refractivity contribution in [3.8, 4) is 17.0 Å². The molecular weight excluding hydrogens is 518 g/mol. The maximum Gasteiger partial charge on any atom is 0.239 e. The minimum Gasteiger partial charge on any atom is -0.497 e. The van der Waals surface area contributed by atoms with E-state index >= 15 is 0 Å². The molecule has 0 aliphatic rings. The van der Waals surface area contributed by atoms with E-state index in [9.17, 15) is 8.42 Å². The third-order valence-electron chi connectivity index (χ3n) is 3.75. The van der Waals surface area contributed by atoms with Crippen molar-refractivity contribution in [2.75, 3.05) is 7.11 Å². The Morgan fingerprint density at radius 3 is 2.44 bits per heavy atom. The molecule has 3 aromatic rings. The van der Waals surface area contributed by atoms with Crippen LogP contribution in [0.2, 0.25) is 0 Å². The van der Waals surface area contributed by atoms with E-state index in [0.717, 1.165) is 27.5 Å². The summed E-state index contributed by atoms with van der Waals surface area (Å²) in [6, 6.07) is 12.5. The molecule has 0 atom stereocenters. The summed E-state index contributed by atoms with van der Waals surface area (Å²) in [7, 11) is -0.315. The van der Waals surface area contributed by atoms with Crippen LogP contribution in [-0.2, 0) is 17.1 Å². The van der Waals surface area contributed by atoms with Crippen LogP contribution in [0.15, 0.2) is 62.2 Å². The Kier molecular flexibility index (Phi) is 7.03. The van der Waals surface area contributed by atoms with Crippen LogP contribution in [0.4, 0.5) is 5.69 Å². The number of thiazole rings is 1. The summed E-state index contributed by atoms with van der Waals surface area (Å²) < 4.78 is 31.0. The molecule has 3 rings (SSSR count). The third kappa shape index (κ3) is 4.88. The molecule has 2 aromatic carbocycles. The monoisotopic (exact) mass is 533 g/mol. The van der Waals surface area contributed by atoms with Gasteiger partial charge in [-0.25, -0.2) is 18.5 Å². The van der Waals surface area contributed by atoms with E-state index in [2.05, 4.69) is 20.9 Å². The lowest BCUT2D eigenvalue weighted by Gasteiger charge is -2.07. The van der Waals surface area contributed by atoms with Crippen LogP contribution in [0.3, 0.4) is 0 Å². The van der Waals surface area contributed by atoms with Gasteiger partial charge in [0.2, 0.25) is 10.0 Å². The molecule has 0 amide bonds. The fourth-order valence-corrected chi connectivity index (χ4v) is 4.86. The van der Waals surface area contributed by atoms with Crippen LogP contribution in [0.25, 0.3) is 11.3 Å². The number of rotatable bonds is 4. The van der Waals surface area contributed by atoms with Crippen LogP contribution in [-0.4, -0.2) is 20.1 Å². The first-order chi connectivity index (χ1) is 12.3. The maximum absolute atomic E-state index is 11.7. The highest BCUT2D eigenvalue weighted by atomic mass is 79.9. The van der Waals surface area contributed by atoms with Gasteiger partial charge in [0, 0.05) is 22.5 Å². The summed E-state index contributed by atoms with van der Waals surface area (Å²) in [5, 5.41) is 7.21. The summed E-state index contributed by atoms with van der Waals surface area (Å²) in [5.41, 5.74) is 2.39. The number of nitrogens with zero attached hydrogens (tertiary/aromatic N) is 2. The normalized spacial score (nSPS) is 11.9. The van der Waals surface area contributed by atoms with E-state index in [1.807, 2.05) is 47.3 Å². The zero-order chi connectivity index (χ0) is 18.9. The molecule has 0 bridgehead atoms. The number of nitrogens with two attached hydrogens (primary N) is 1. The second kappa shape index (κ2) is 8.70. The molecule has 0 saturated carbocycles. The minimum absolute atomic E-state index is 0. The van der Waals surface area contributed by atoms with E-state index in [1.165, 1.54) is 11.3 Å². The first-order valence-corrected chi connectivity index (χ1v) is 10.7. The van der Waals surface area contributed by atoms with E-state index < -0.39 is 10.0 Å². The predicted octanol–water partition coefficient (Wildman–Crippen LogP) is 3.98. The highest BCUT2D eigenvalue weighted by Gasteiger charge is 2.15. The van der Waals surface area contributed by atoms with Crippen molar-refractivity contribution < 1.29 is 13.2 Å². The van der Waals surface area contributed by atoms with Gasteiger partial charge in [-0.05, 0) is 52.3 Å². The standard InChI is InChI=1S/C17H16BrN3O3S2.BrH/c1-21-15(11-3-8-14(18)16(9-11)26(19,22)23)10-25-17(21)20-12-4-6-13(24-2)7-5-12;/h3-10H,1-2H3,(H2,19,22,23);1H/b20-17+;. The lowest BCUT2D eigenvalue weighted by Crippen LogP contribution is -2.14. The molecule has 0 spiro atoms. The van der Waals surface area contributed by atoms with Crippen LogP contribution in [0, 0.1) is 0 Å². The van der Waals surface area contributed by atoms with Gasteiger partial charge in [0.25, 0.3) is 0 Å². The molecule has 0 unspecified atom stereocenters. The molecule has 1 aromatic heterocycles. The van der Waals surface area contributed by atoms with Gasteiger partial charge >= 0.3 is 0 Å². The number of aromatic nitrogens is 1. The molecule has 1 heterocycles. The number of hydrogen-bond donors (Lipinski definition) is 1. The fraction of sp³-hybridized carbons (Fsp3) is 0.118. The molecule has 10 heteroatoms. The van der Waals surface area contributed by atoms with Crippen molar-refractivity contribution in [2.45, 2.75) is 4.90 Å². The average Bonchev–Trinajstić information content (AvgIpc) is 2.96. The Morgan fingerprint density at radius 1 is 1.19 bits per heavy atom. The van der Waals surface area contributed by atoms with Crippen molar-refractivity contribution in [1.29, 1.82) is 0 Å². The molecule has 144 valence electrons. The molecule has 0 radical (unpaired) electrons. The first-order valence-electron chi connectivity index (χ1n) is 7.45. The zero-order valence-corrected chi connectivity index (χ0v) is 19.4. The molecule has 27 heavy (non-hydrogen) atoms. The smallest absolute Gasteiger partial charge is 0.239 e. The van der Waals surface area contributed by atoms with E-state index in [-0.39, 0.29) is 21.9 Å². The molecule has 6 nitrogen and oxygen atoms in total. The molecule has 0 fully saturated rings. The SMILES string of the molecule is Br.COc1ccc(/N=c2/scc(-c3ccc(Br)c(S(N)(=O)=O)c3)n2C)cc1. The highest BCUT2D eigenvalue weighted by molar-refractivity contribution is 9.10. The van der Waals surface area contributed by atoms with Crippen LogP contribution in [0.1, 0.15) is 0 Å². The summed E-state index contributed by atoms with van der Waals surface area (Å²) >= 11 is 4.69. The number of methoxy groups -OCH3 is 1. The van der Waals surface area contributed by atoms with Gasteiger partial charge in [-0.15, -0.1) is 28.3 Å². The number of primary sulfonamides is 1. The van der Waals surface area contributed by atoms with Crippen molar-refractivity contribution in [2.24, 2.45) is 17.2 Å². The van der Waals surface area contributed by atoms with E-state index in [0.29, 0.717) is 4.47 Å². The van der Waals surface area contributed by atoms with Gasteiger partial charge in [0.05, 0.1) is 23.4 Å². The Labute approximate surface area is 180 Å². The molecule has 0 saturated heterocycles. The van der Waals surface area contributed by atoms with Gasteiger partial charge < -0.3 is 9.30 Å². The topological polar surface area (TPSA) is 86.7 Å². The van der Waals surface area contributed by atoms with Gasteiger partial charge in [-0.2, -0.15) is 0 Å². The molecule has 0 aliphatic heterocycles. The van der Waals surface area contributed by atoms with Gasteiger partial charge in [0.1, 0.15) is 5.75 Å². The maximum atomic E-state index is 11.7. The van der Waals surface area contributed by atoms with Crippen molar-refractivity contribution >= 4 is 60.0 Å². The number of halogens is 2. The lowest BCUT2D eigenvalue weighted by molar-refractivity contribution is 0.415. The molecular formula is C17H17Br2N3O3S2. The zero-order valence-electron chi connectivity index (χ0n) is 14.4. The van der Waals surface area contributed by atoms with E-state index in [4.69, 9.17) is 9.88 Å². The third-order valence-corrected chi connectivity index (χ3v) is 6.58. The number of ether oxygens (including phenoxy) is 1. The average molecular weight is 535 g/mol. The number of hydrogen-bond acceptors (Lipinski definition) is 5. The minimum atomic E-state index is -3.81. The summed E-state index contributed by atoms with van der Waals surface area (Å²) in [5.74, 6) is 0.769. The fourth-order valence-electron chi connectivity index (χ4n) is 2.38. The Morgan fingerprint density at radius 2 is 1.85 bits per heavy atom. The molecule has 0 aliphatic carbocycles. The van der Waals surface area contributed by atoms with Gasteiger partial charge in [-0.3, -0.25) is 0 Å². The second-order valence-electron chi connectivity index (χ2n) is 5.46. The van der Waals surface area contributed by atoms with E-state index in [1.54, 1.807) is 19.2 Å². The van der Waals surface area contributed by atoms with Crippen molar-refractivity contribution in [3.05, 3.63) is 57.1 Å². The summed E-state index contributed by atoms with van der Waals surface area (Å²) in [4.78, 5) is 5.46. The van der Waals surface area contributed by atoms with Crippen molar-refractivity contribution in [1.82, 2.24) is 4.57 Å². The first kappa shape index (κ1) is 21.8. The van der Waals surface area contributed by atoms with Crippen LogP contribution in [0.5, 0.6) is 5.75 Å². The van der Waals surface area contributed by atoms with Crippen LogP contribution < -0.4 is 14.7 Å². The lowest BCUT2D eigenvalue weighted by atomic mass is 10.2. The van der Waals surface area contributed by atoms with Crippen LogP contribution >= 0.6 is 44.2 Å².